The summed E-state index contributed by atoms with van der Waals surface area (Å²) >= 11 is 0. The predicted octanol–water partition coefficient (Wildman–Crippen LogP) is 3.90. The first-order valence-electron chi connectivity index (χ1n) is 8.13. The summed E-state index contributed by atoms with van der Waals surface area (Å²) in [6, 6.07) is 13.6. The van der Waals surface area contributed by atoms with E-state index >= 15 is 0 Å². The van der Waals surface area contributed by atoms with Gasteiger partial charge in [-0.15, -0.1) is 0 Å². The third-order valence-electron chi connectivity index (χ3n) is 3.74. The summed E-state index contributed by atoms with van der Waals surface area (Å²) in [5, 5.41) is 0. The van der Waals surface area contributed by atoms with Gasteiger partial charge in [0.25, 0.3) is 0 Å². The van der Waals surface area contributed by atoms with Crippen LogP contribution in [0.15, 0.2) is 48.5 Å². The summed E-state index contributed by atoms with van der Waals surface area (Å²) in [7, 11) is 1.76. The van der Waals surface area contributed by atoms with Crippen molar-refractivity contribution in [3.05, 3.63) is 70.8 Å². The molecule has 0 aliphatic carbocycles. The summed E-state index contributed by atoms with van der Waals surface area (Å²) in [5.74, 6) is -0.00113. The molecule has 0 aliphatic heterocycles. The summed E-state index contributed by atoms with van der Waals surface area (Å²) < 4.78 is 5.30. The Morgan fingerprint density at radius 1 is 1.12 bits per heavy atom. The lowest BCUT2D eigenvalue weighted by molar-refractivity contribution is -0.132. The van der Waals surface area contributed by atoms with Gasteiger partial charge in [-0.3, -0.25) is 9.59 Å². The van der Waals surface area contributed by atoms with E-state index in [0.29, 0.717) is 17.9 Å². The van der Waals surface area contributed by atoms with E-state index in [-0.39, 0.29) is 11.9 Å². The van der Waals surface area contributed by atoms with E-state index in [9.17, 15) is 9.59 Å². The van der Waals surface area contributed by atoms with Crippen molar-refractivity contribution in [3.63, 3.8) is 0 Å². The fourth-order valence-electron chi connectivity index (χ4n) is 2.62. The number of benzene rings is 2. The summed E-state index contributed by atoms with van der Waals surface area (Å²) in [6.45, 7) is 5.75. The monoisotopic (exact) mass is 337 g/mol. The molecule has 0 saturated heterocycles. The smallest absolute Gasteiger partial charge is 0.308 e. The van der Waals surface area contributed by atoms with Crippen LogP contribution in [0.2, 0.25) is 0 Å². The second-order valence-corrected chi connectivity index (χ2v) is 6.11. The van der Waals surface area contributed by atoms with Crippen LogP contribution in [0.5, 0.6) is 5.75 Å². The molecule has 2 aromatic carbocycles. The Morgan fingerprint density at radius 2 is 1.80 bits per heavy atom. The van der Waals surface area contributed by atoms with Gasteiger partial charge in [0.1, 0.15) is 5.75 Å². The molecular weight excluding hydrogens is 314 g/mol. The average molecular weight is 337 g/mol. The van der Waals surface area contributed by atoms with Gasteiger partial charge in [0.2, 0.25) is 5.91 Å². The van der Waals surface area contributed by atoms with Crippen molar-refractivity contribution in [3.8, 4) is 5.75 Å². The van der Waals surface area contributed by atoms with Crippen molar-refractivity contribution >= 4 is 18.0 Å². The van der Waals surface area contributed by atoms with Crippen LogP contribution in [0.3, 0.4) is 0 Å². The number of hydrogen-bond donors (Lipinski definition) is 0. The van der Waals surface area contributed by atoms with Crippen LogP contribution in [0.25, 0.3) is 6.08 Å². The highest BCUT2D eigenvalue weighted by Gasteiger charge is 2.10. The van der Waals surface area contributed by atoms with Gasteiger partial charge >= 0.3 is 5.97 Å². The minimum Gasteiger partial charge on any atom is -0.426 e. The van der Waals surface area contributed by atoms with Crippen LogP contribution in [-0.2, 0) is 16.1 Å². The largest absolute Gasteiger partial charge is 0.426 e. The quantitative estimate of drug-likeness (QED) is 0.472. The lowest BCUT2D eigenvalue weighted by Gasteiger charge is -2.15. The normalized spacial score (nSPS) is 10.7. The van der Waals surface area contributed by atoms with Crippen molar-refractivity contribution in [2.24, 2.45) is 0 Å². The molecule has 0 bridgehead atoms. The van der Waals surface area contributed by atoms with Crippen LogP contribution >= 0.6 is 0 Å². The molecule has 2 aromatic rings. The first-order valence-corrected chi connectivity index (χ1v) is 8.13. The molecule has 25 heavy (non-hydrogen) atoms. The second kappa shape index (κ2) is 8.29. The van der Waals surface area contributed by atoms with Crippen molar-refractivity contribution in [2.45, 2.75) is 27.3 Å². The highest BCUT2D eigenvalue weighted by molar-refractivity contribution is 5.92. The second-order valence-electron chi connectivity index (χ2n) is 6.11. The molecule has 0 atom stereocenters. The SMILES string of the molecule is CC(=O)Oc1c(C)cc(C)cc1/C=C\C(=O)N(C)Cc1ccccc1. The number of likely N-dealkylation sites (N-methyl/N-ethyl adjacent to an activating group) is 1. The van der Waals surface area contributed by atoms with E-state index in [1.807, 2.05) is 56.3 Å². The van der Waals surface area contributed by atoms with E-state index in [2.05, 4.69) is 0 Å². The number of carbonyl (C=O) groups excluding carboxylic acids is 2. The zero-order valence-electron chi connectivity index (χ0n) is 15.1. The Morgan fingerprint density at radius 3 is 2.44 bits per heavy atom. The molecule has 0 N–H and O–H groups in total. The van der Waals surface area contributed by atoms with Crippen molar-refractivity contribution in [1.29, 1.82) is 0 Å². The molecule has 1 amide bonds. The van der Waals surface area contributed by atoms with Gasteiger partial charge in [0.05, 0.1) is 0 Å². The molecule has 4 heteroatoms. The minimum absolute atomic E-state index is 0.114. The lowest BCUT2D eigenvalue weighted by atomic mass is 10.0. The van der Waals surface area contributed by atoms with E-state index in [0.717, 1.165) is 16.7 Å². The zero-order chi connectivity index (χ0) is 18.4. The highest BCUT2D eigenvalue weighted by Crippen LogP contribution is 2.27. The fourth-order valence-corrected chi connectivity index (χ4v) is 2.62. The number of amides is 1. The Bertz CT molecular complexity index is 794. The molecule has 0 spiro atoms. The Kier molecular flexibility index (Phi) is 6.12. The van der Waals surface area contributed by atoms with Crippen molar-refractivity contribution in [1.82, 2.24) is 4.90 Å². The number of rotatable bonds is 5. The Hall–Kier alpha value is -2.88. The minimum atomic E-state index is -0.380. The van der Waals surface area contributed by atoms with Crippen molar-refractivity contribution in [2.75, 3.05) is 7.05 Å². The molecule has 0 saturated carbocycles. The molecule has 0 fully saturated rings. The molecular formula is C21H23NO3. The van der Waals surface area contributed by atoms with Gasteiger partial charge in [-0.2, -0.15) is 0 Å². The fraction of sp³-hybridized carbons (Fsp3) is 0.238. The number of carbonyl (C=O) groups is 2. The van der Waals surface area contributed by atoms with Crippen LogP contribution in [-0.4, -0.2) is 23.8 Å². The first-order chi connectivity index (χ1) is 11.9. The van der Waals surface area contributed by atoms with Crippen LogP contribution in [0.4, 0.5) is 0 Å². The zero-order valence-corrected chi connectivity index (χ0v) is 15.1. The Labute approximate surface area is 148 Å². The molecule has 0 radical (unpaired) electrons. The van der Waals surface area contributed by atoms with Gasteiger partial charge in [0.15, 0.2) is 0 Å². The molecule has 0 aromatic heterocycles. The number of esters is 1. The Balaban J connectivity index is 2.17. The number of nitrogens with zero attached hydrogens (tertiary/aromatic N) is 1. The standard InChI is InChI=1S/C21H23NO3/c1-15-12-16(2)21(25-17(3)23)19(13-15)10-11-20(24)22(4)14-18-8-6-5-7-9-18/h5-13H,14H2,1-4H3/b11-10-. The van der Waals surface area contributed by atoms with E-state index in [1.54, 1.807) is 18.0 Å². The van der Waals surface area contributed by atoms with Crippen LogP contribution in [0, 0.1) is 13.8 Å². The van der Waals surface area contributed by atoms with Crippen LogP contribution in [0.1, 0.15) is 29.2 Å². The maximum atomic E-state index is 12.4. The molecule has 0 unspecified atom stereocenters. The molecule has 130 valence electrons. The highest BCUT2D eigenvalue weighted by atomic mass is 16.5. The van der Waals surface area contributed by atoms with E-state index in [1.165, 1.54) is 13.0 Å². The number of hydrogen-bond acceptors (Lipinski definition) is 3. The molecule has 0 heterocycles. The van der Waals surface area contributed by atoms with Crippen LogP contribution < -0.4 is 4.74 Å². The average Bonchev–Trinajstić information content (AvgIpc) is 2.56. The number of aryl methyl sites for hydroxylation is 2. The van der Waals surface area contributed by atoms with E-state index in [4.69, 9.17) is 4.74 Å². The lowest BCUT2D eigenvalue weighted by Crippen LogP contribution is -2.24. The maximum Gasteiger partial charge on any atom is 0.308 e. The van der Waals surface area contributed by atoms with Gasteiger partial charge < -0.3 is 9.64 Å². The van der Waals surface area contributed by atoms with Gasteiger partial charge in [-0.25, -0.2) is 0 Å². The topological polar surface area (TPSA) is 46.6 Å². The maximum absolute atomic E-state index is 12.4. The summed E-state index contributed by atoms with van der Waals surface area (Å²) in [5.41, 5.74) is 3.69. The van der Waals surface area contributed by atoms with Gasteiger partial charge in [-0.05, 0) is 37.1 Å². The first kappa shape index (κ1) is 18.5. The molecule has 0 aliphatic rings. The summed E-state index contributed by atoms with van der Waals surface area (Å²) in [4.78, 5) is 25.3. The molecule has 4 nitrogen and oxygen atoms in total. The van der Waals surface area contributed by atoms with E-state index < -0.39 is 0 Å². The van der Waals surface area contributed by atoms with Gasteiger partial charge in [0, 0.05) is 32.2 Å². The van der Waals surface area contributed by atoms with Gasteiger partial charge in [-0.1, -0.05) is 42.0 Å². The van der Waals surface area contributed by atoms with Crippen molar-refractivity contribution < 1.29 is 14.3 Å². The predicted molar refractivity (Wildman–Crippen MR) is 99.2 cm³/mol. The number of ether oxygens (including phenoxy) is 1. The third kappa shape index (κ3) is 5.31. The summed E-state index contributed by atoms with van der Waals surface area (Å²) in [6.07, 6.45) is 3.20. The third-order valence-corrected chi connectivity index (χ3v) is 3.74. The molecule has 2 rings (SSSR count).